The molecule has 0 heterocycles. The summed E-state index contributed by atoms with van der Waals surface area (Å²) >= 11 is 18.9. The van der Waals surface area contributed by atoms with Crippen LogP contribution in [0.2, 0.25) is 0 Å². The zero-order valence-electron chi connectivity index (χ0n) is 62.3. The number of esters is 4. The molecule has 97 heavy (non-hydrogen) atoms. The van der Waals surface area contributed by atoms with Crippen molar-refractivity contribution in [1.29, 1.82) is 0 Å². The molecule has 0 rings (SSSR count). The van der Waals surface area contributed by atoms with Crippen LogP contribution >= 0.6 is 13.5 Å². The zero-order chi connectivity index (χ0) is 68.0. The summed E-state index contributed by atoms with van der Waals surface area (Å²) in [6.45, 7) is 10.6. The summed E-state index contributed by atoms with van der Waals surface area (Å²) in [5, 5.41) is 0. The Morgan fingerprint density at radius 2 is 0.351 bits per heavy atom. The predicted octanol–water partition coefficient (Wildman–Crippen LogP) is 25.1. The van der Waals surface area contributed by atoms with Gasteiger partial charge in [0.15, 0.2) is 0 Å². The number of hydrogen-bond acceptors (Lipinski definition) is 12. The molecule has 0 aliphatic carbocycles. The third-order valence-electron chi connectivity index (χ3n) is 16.0. The van der Waals surface area contributed by atoms with Crippen LogP contribution in [-0.4, -0.2) is 121 Å². The van der Waals surface area contributed by atoms with Gasteiger partial charge < -0.3 is 69.5 Å². The minimum atomic E-state index is -0.0931. The molecule has 0 N–H and O–H groups in total. The van der Waals surface area contributed by atoms with Gasteiger partial charge in [-0.15, -0.1) is 23.0 Å². The Kier molecular flexibility index (Phi) is 134. The van der Waals surface area contributed by atoms with Gasteiger partial charge >= 0.3 is 71.7 Å². The van der Waals surface area contributed by atoms with E-state index in [4.69, 9.17) is 69.5 Å². The second kappa shape index (κ2) is 112. The molecular weight excluding hydrogens is 1510 g/mol. The van der Waals surface area contributed by atoms with Gasteiger partial charge in [-0.2, -0.15) is 13.5 Å². The van der Waals surface area contributed by atoms with E-state index in [1.807, 2.05) is 0 Å². The van der Waals surface area contributed by atoms with Gasteiger partial charge in [-0.3, -0.25) is 19.2 Å². The van der Waals surface area contributed by atoms with Crippen LogP contribution in [0.25, 0.3) is 0 Å². The molecule has 4 radical (unpaired) electrons. The van der Waals surface area contributed by atoms with Gasteiger partial charge in [0.2, 0.25) is 0 Å². The minimum Gasteiger partial charge on any atom is -0.789 e. The van der Waals surface area contributed by atoms with Gasteiger partial charge in [-0.05, 0) is 128 Å². The summed E-state index contributed by atoms with van der Waals surface area (Å²) in [6, 6.07) is 0. The van der Waals surface area contributed by atoms with Crippen molar-refractivity contribution in [3.8, 4) is 0 Å². The summed E-state index contributed by atoms with van der Waals surface area (Å²) < 4.78 is 19.8. The first-order chi connectivity index (χ1) is 45.2. The van der Waals surface area contributed by atoms with Crippen LogP contribution in [0.15, 0.2) is 48.6 Å². The fourth-order valence-electron chi connectivity index (χ4n) is 10.3. The van der Waals surface area contributed by atoms with Crippen LogP contribution in [0.5, 0.6) is 0 Å². The van der Waals surface area contributed by atoms with Crippen LogP contribution in [0.1, 0.15) is 402 Å². The van der Waals surface area contributed by atoms with E-state index in [2.05, 4.69) is 76.3 Å². The van der Waals surface area contributed by atoms with Gasteiger partial charge in [0.05, 0.1) is 26.4 Å². The van der Waals surface area contributed by atoms with Gasteiger partial charge in [0.25, 0.3) is 0 Å². The fraction of sp³-hybridized carbons (Fsp3) is 0.854. The number of hydrogen-bond donors (Lipinski definition) is 0. The summed E-state index contributed by atoms with van der Waals surface area (Å²) in [5.41, 5.74) is 0. The van der Waals surface area contributed by atoms with Crippen molar-refractivity contribution in [3.63, 3.8) is 0 Å². The van der Waals surface area contributed by atoms with E-state index >= 15 is 0 Å². The van der Waals surface area contributed by atoms with E-state index in [1.54, 1.807) is 0 Å². The van der Waals surface area contributed by atoms with Crippen LogP contribution in [0.3, 0.4) is 0 Å². The molecule has 0 spiro atoms. The normalized spacial score (nSPS) is 10.6. The Bertz CT molecular complexity index is 1350. The molecule has 0 fully saturated rings. The van der Waals surface area contributed by atoms with Gasteiger partial charge in [0, 0.05) is 25.7 Å². The molecule has 572 valence electrons. The maximum atomic E-state index is 11.3. The Labute approximate surface area is 668 Å². The number of ether oxygens (including phenoxy) is 4. The maximum Gasteiger partial charge on any atom is 2.00 e. The third-order valence-corrected chi connectivity index (χ3v) is 16.6. The average Bonchev–Trinajstić information content (AvgIpc) is 3.68. The number of allylic oxidation sites excluding steroid dienone is 8. The second-order valence-corrected chi connectivity index (χ2v) is 26.7. The molecule has 0 aromatic rings. The quantitative estimate of drug-likeness (QED) is 0.0145. The molecule has 0 atom stereocenters. The summed E-state index contributed by atoms with van der Waals surface area (Å²) in [6.07, 6.45) is 87.3. The summed E-state index contributed by atoms with van der Waals surface area (Å²) in [4.78, 5) is 45.0. The van der Waals surface area contributed by atoms with E-state index < -0.39 is 0 Å². The molecule has 0 saturated carbocycles. The van der Waals surface area contributed by atoms with Gasteiger partial charge in [-0.1, -0.05) is 297 Å². The zero-order valence-corrected chi connectivity index (χ0v) is 72.2. The Balaban J connectivity index is -0.000000149. The number of carbonyl (C=O) groups excluding carboxylic acids is 4. The second-order valence-electron chi connectivity index (χ2n) is 25.0. The Hall–Kier alpha value is 0.187. The van der Waals surface area contributed by atoms with Crippen molar-refractivity contribution < 1.29 is 38.1 Å². The van der Waals surface area contributed by atoms with Gasteiger partial charge in [0.1, 0.15) is 0 Å². The monoisotopic (exact) mass is 1670 g/mol. The number of unbranched alkanes of at least 4 members (excludes halogenated alkanes) is 44. The Morgan fingerprint density at radius 3 is 0.485 bits per heavy atom. The molecule has 0 amide bonds. The standard InChI is InChI=1S/4C20H38O2S.2CH4.H2S.2Sn/c4*1-2-3-4-5-6-7-8-9-10-11-12-13-14-15-16-17-20(21)22-18-19-23;;;;;/h4*10-11,23H,2-9,12-19H2,1H3;2*1H4;1H2;;/q;;;;;;;2*+2/p-4/b4*11-10+;;;;;. The van der Waals surface area contributed by atoms with Crippen molar-refractivity contribution in [1.82, 2.24) is 0 Å². The molecule has 0 aromatic heterocycles. The van der Waals surface area contributed by atoms with Crippen LogP contribution in [0, 0.1) is 0 Å². The summed E-state index contributed by atoms with van der Waals surface area (Å²) in [7, 11) is 0. The molecule has 0 unspecified atom stereocenters. The summed E-state index contributed by atoms with van der Waals surface area (Å²) in [5.74, 6) is 1.62. The van der Waals surface area contributed by atoms with E-state index in [0.29, 0.717) is 75.1 Å². The van der Waals surface area contributed by atoms with Crippen LogP contribution < -0.4 is 0 Å². The maximum absolute atomic E-state index is 11.3. The first-order valence-corrected chi connectivity index (χ1v) is 41.1. The topological polar surface area (TPSA) is 105 Å². The van der Waals surface area contributed by atoms with Gasteiger partial charge in [-0.25, -0.2) is 0 Å². The number of carbonyl (C=O) groups is 4. The smallest absolute Gasteiger partial charge is 0.789 e. The van der Waals surface area contributed by atoms with E-state index in [-0.39, 0.29) is 100 Å². The first-order valence-electron chi connectivity index (χ1n) is 38.8. The first kappa shape index (κ1) is 116. The molecule has 0 aliphatic heterocycles. The number of rotatable bonds is 68. The molecule has 8 nitrogen and oxygen atoms in total. The predicted molar refractivity (Wildman–Crippen MR) is 446 cm³/mol. The molecule has 0 saturated heterocycles. The SMILES string of the molecule is C.C.CCCCCCCCC/C=C/CCCCCCC(=O)OCC[S-].CCCCCCCCC/C=C/CCCCCCC(=O)OCC[S-].CCCCCCCCC/C=C/CCCCCCC(=O)OCC[S-].CCCCCCCCC/C=C/CCCCCCC(=O)OCC[S-].S.[Sn+2].[Sn+2]. The van der Waals surface area contributed by atoms with Crippen molar-refractivity contribution >= 4 is 136 Å². The van der Waals surface area contributed by atoms with E-state index in [1.165, 1.54) is 283 Å². The van der Waals surface area contributed by atoms with Crippen molar-refractivity contribution in [3.05, 3.63) is 48.6 Å². The fourth-order valence-corrected chi connectivity index (χ4v) is 10.6. The van der Waals surface area contributed by atoms with Crippen LogP contribution in [-0.2, 0) is 88.6 Å². The minimum absolute atomic E-state index is 0. The molecule has 0 aliphatic rings. The van der Waals surface area contributed by atoms with Crippen molar-refractivity contribution in [2.75, 3.05) is 49.4 Å². The molecule has 15 heteroatoms. The Morgan fingerprint density at radius 1 is 0.227 bits per heavy atom. The average molecular weight is 1670 g/mol. The van der Waals surface area contributed by atoms with Crippen molar-refractivity contribution in [2.24, 2.45) is 0 Å². The van der Waals surface area contributed by atoms with Crippen molar-refractivity contribution in [2.45, 2.75) is 402 Å². The molecule has 0 bridgehead atoms. The largest absolute Gasteiger partial charge is 2.00 e. The van der Waals surface area contributed by atoms with Crippen LogP contribution in [0.4, 0.5) is 0 Å². The third kappa shape index (κ3) is 120. The molecular formula is C82H158O8S5Sn2. The molecule has 0 aromatic carbocycles. The van der Waals surface area contributed by atoms with E-state index in [0.717, 1.165) is 51.4 Å². The van der Waals surface area contributed by atoms with E-state index in [9.17, 15) is 19.2 Å².